The number of nitrogens with one attached hydrogen (secondary N) is 14. The summed E-state index contributed by atoms with van der Waals surface area (Å²) in [5.41, 5.74) is 22.1. The molecule has 0 aromatic heterocycles. The third kappa shape index (κ3) is 44.8. The van der Waals surface area contributed by atoms with Gasteiger partial charge in [0.05, 0.1) is 12.5 Å². The number of unbranched alkanes of at least 4 members (excludes halogenated alkanes) is 4. The number of hydrogen-bond acceptors (Lipinski definition) is 22. The number of aliphatic hydroxyl groups excluding tert-OH is 1. The quantitative estimate of drug-likeness (QED) is 0.0239. The number of nitrogens with two attached hydrogens (primary N) is 4. The second kappa shape index (κ2) is 56.9. The van der Waals surface area contributed by atoms with Crippen LogP contribution in [0.5, 0.6) is 0 Å². The zero-order valence-corrected chi connectivity index (χ0v) is 74.4. The summed E-state index contributed by atoms with van der Waals surface area (Å²) in [6.07, 6.45) is -2.28. The minimum absolute atomic E-state index is 0.0345. The summed E-state index contributed by atoms with van der Waals surface area (Å²) in [4.78, 5) is 278. The molecule has 41 nitrogen and oxygen atoms in total. The molecular weight excluding hydrogens is 1610 g/mol. The smallest absolute Gasteiger partial charge is 0.329 e. The van der Waals surface area contributed by atoms with Crippen molar-refractivity contribution in [1.29, 1.82) is 0 Å². The Labute approximate surface area is 720 Å². The summed E-state index contributed by atoms with van der Waals surface area (Å²) in [5, 5.41) is 55.6. The lowest BCUT2D eigenvalue weighted by molar-refractivity contribution is -0.152. The average Bonchev–Trinajstić information content (AvgIpc) is 1.16. The van der Waals surface area contributed by atoms with Gasteiger partial charge in [-0.05, 0) is 119 Å². The van der Waals surface area contributed by atoms with Crippen molar-refractivity contribution in [2.45, 2.75) is 349 Å². The first-order chi connectivity index (χ1) is 57.4. The third-order valence-corrected chi connectivity index (χ3v) is 20.1. The maximum absolute atomic E-state index is 14.9. The second-order valence-corrected chi connectivity index (χ2v) is 34.4. The normalized spacial score (nSPS) is 20.7. The van der Waals surface area contributed by atoms with E-state index in [4.69, 9.17) is 27.7 Å². The molecule has 0 radical (unpaired) electrons. The largest absolute Gasteiger partial charge is 0.481 e. The van der Waals surface area contributed by atoms with Crippen molar-refractivity contribution >= 4 is 118 Å². The van der Waals surface area contributed by atoms with Crippen molar-refractivity contribution in [3.63, 3.8) is 0 Å². The number of ether oxygens (including phenoxy) is 1. The molecule has 1 aliphatic rings. The molecule has 18 amide bonds. The zero-order chi connectivity index (χ0) is 93.8. The standard InChI is InChI=1S/C82H142N18O23/c1-17-19-20-21-22-23-49(101)39-65(106)88-55(34-41(3)4)75(115)93-54(28-33-66(107)108)70(110)89-52(26-31-63(85)104)73(113)99-67(46(13)14)81(121)97-59(38-45(11)12)78(118)91-51(25-30-62(84)103)72(112)98-60-40-123-82(122)68(47(15)18-2)100-74(114)53(27-32-64(86)105)92-77(117)57(36-43(7)8)96-79(119)58(37-44(9)10)95-71(111)50(24-29-61(83)102)90-76(116)56(35-42(5)6)94-69(109)48(16)87-80(60)120/h41-60,67-68,101H,17-40H2,1-16H3,(H2,83,102)(H2,84,103)(H2,85,104)(H2,86,105)(H,87,120)(H,88,106)(H,89,110)(H,90,116)(H,91,118)(H,92,117)(H,93,115)(H,94,109)(H,95,111)(H,96,119)(H,97,121)(H,98,112)(H,99,113)(H,100,114)(H,107,108)/t47-,48+,49+,50+,51-,52+,53+,54+,55-,56?,57-,58-,59+,60+,67+,68-/m0/s1. The topological polar surface area (TPSA) is 664 Å². The van der Waals surface area contributed by atoms with E-state index in [9.17, 15) is 106 Å². The molecule has 0 saturated carbocycles. The van der Waals surface area contributed by atoms with Crippen molar-refractivity contribution in [2.24, 2.45) is 64.4 Å². The number of carboxylic acid groups (broad SMARTS) is 1. The summed E-state index contributed by atoms with van der Waals surface area (Å²) < 4.78 is 5.73. The molecule has 123 heavy (non-hydrogen) atoms. The third-order valence-electron chi connectivity index (χ3n) is 20.1. The maximum Gasteiger partial charge on any atom is 0.329 e. The van der Waals surface area contributed by atoms with Gasteiger partial charge in [-0.1, -0.05) is 142 Å². The molecule has 0 spiro atoms. The highest BCUT2D eigenvalue weighted by atomic mass is 16.5. The van der Waals surface area contributed by atoms with Crippen LogP contribution in [0.25, 0.3) is 0 Å². The van der Waals surface area contributed by atoms with Crippen molar-refractivity contribution in [3.05, 3.63) is 0 Å². The van der Waals surface area contributed by atoms with E-state index in [0.717, 1.165) is 32.6 Å². The van der Waals surface area contributed by atoms with E-state index in [1.807, 2.05) is 0 Å². The van der Waals surface area contributed by atoms with Crippen LogP contribution < -0.4 is 97.4 Å². The van der Waals surface area contributed by atoms with Gasteiger partial charge in [0.1, 0.15) is 91.2 Å². The van der Waals surface area contributed by atoms with E-state index in [2.05, 4.69) is 81.4 Å². The minimum atomic E-state index is -2.10. The van der Waals surface area contributed by atoms with Gasteiger partial charge in [-0.25, -0.2) is 4.79 Å². The van der Waals surface area contributed by atoms with Crippen molar-refractivity contribution in [2.75, 3.05) is 6.61 Å². The number of primary amides is 4. The lowest BCUT2D eigenvalue weighted by atomic mass is 9.97. The molecule has 1 heterocycles. The molecule has 0 aromatic carbocycles. The van der Waals surface area contributed by atoms with Crippen LogP contribution in [0.4, 0.5) is 0 Å². The lowest BCUT2D eigenvalue weighted by Crippen LogP contribution is -2.62. The molecule has 41 heteroatoms. The van der Waals surface area contributed by atoms with Crippen LogP contribution in [0.1, 0.15) is 258 Å². The highest BCUT2D eigenvalue weighted by molar-refractivity contribution is 6.01. The van der Waals surface area contributed by atoms with Gasteiger partial charge in [-0.2, -0.15) is 0 Å². The molecule has 1 saturated heterocycles. The van der Waals surface area contributed by atoms with Crippen LogP contribution >= 0.6 is 0 Å². The van der Waals surface area contributed by atoms with Gasteiger partial charge in [0.15, 0.2) is 0 Å². The summed E-state index contributed by atoms with van der Waals surface area (Å²) in [5.74, 6) is -24.3. The van der Waals surface area contributed by atoms with Gasteiger partial charge >= 0.3 is 11.9 Å². The molecule has 1 fully saturated rings. The Morgan fingerprint density at radius 3 is 1.20 bits per heavy atom. The van der Waals surface area contributed by atoms with E-state index in [0.29, 0.717) is 12.8 Å². The van der Waals surface area contributed by atoms with E-state index in [1.165, 1.54) is 20.8 Å². The summed E-state index contributed by atoms with van der Waals surface area (Å²) in [7, 11) is 0. The summed E-state index contributed by atoms with van der Waals surface area (Å²) >= 11 is 0. The van der Waals surface area contributed by atoms with Gasteiger partial charge in [0.25, 0.3) is 0 Å². The first kappa shape index (κ1) is 110. The molecule has 0 bridgehead atoms. The van der Waals surface area contributed by atoms with E-state index < -0.39 is 298 Å². The number of aliphatic carboxylic acids is 1. The number of carboxylic acids is 1. The maximum atomic E-state index is 14.9. The van der Waals surface area contributed by atoms with Gasteiger partial charge in [-0.15, -0.1) is 0 Å². The first-order valence-corrected chi connectivity index (χ1v) is 42.8. The Morgan fingerprint density at radius 2 is 0.789 bits per heavy atom. The summed E-state index contributed by atoms with van der Waals surface area (Å²) in [6.45, 7) is 25.3. The van der Waals surface area contributed by atoms with Crippen molar-refractivity contribution < 1.29 is 111 Å². The number of esters is 1. The van der Waals surface area contributed by atoms with Crippen LogP contribution in [0.2, 0.25) is 0 Å². The molecule has 1 aliphatic heterocycles. The van der Waals surface area contributed by atoms with Gasteiger partial charge in [0, 0.05) is 32.1 Å². The van der Waals surface area contributed by atoms with E-state index >= 15 is 0 Å². The predicted molar refractivity (Wildman–Crippen MR) is 450 cm³/mol. The van der Waals surface area contributed by atoms with E-state index in [1.54, 1.807) is 76.2 Å². The fourth-order valence-corrected chi connectivity index (χ4v) is 13.1. The van der Waals surface area contributed by atoms with Crippen LogP contribution in [0.3, 0.4) is 0 Å². The Bertz CT molecular complexity index is 3580. The highest BCUT2D eigenvalue weighted by Gasteiger charge is 2.41. The van der Waals surface area contributed by atoms with Gasteiger partial charge in [0.2, 0.25) is 106 Å². The lowest BCUT2D eigenvalue weighted by Gasteiger charge is -2.30. The number of carbonyl (C=O) groups excluding carboxylic acids is 19. The molecule has 698 valence electrons. The molecule has 1 unspecified atom stereocenters. The molecule has 0 aromatic rings. The first-order valence-electron chi connectivity index (χ1n) is 42.8. The number of rotatable bonds is 49. The fraction of sp³-hybridized carbons (Fsp3) is 0.756. The fourth-order valence-electron chi connectivity index (χ4n) is 13.1. The molecule has 24 N–H and O–H groups in total. The Kier molecular flexibility index (Phi) is 51.1. The van der Waals surface area contributed by atoms with Crippen molar-refractivity contribution in [3.8, 4) is 0 Å². The summed E-state index contributed by atoms with van der Waals surface area (Å²) in [6, 6.07) is -22.9. The average molecular weight is 1750 g/mol. The van der Waals surface area contributed by atoms with Gasteiger partial charge in [-0.3, -0.25) is 91.1 Å². The molecular formula is C82H142N18O23. The van der Waals surface area contributed by atoms with Crippen LogP contribution in [0.15, 0.2) is 0 Å². The van der Waals surface area contributed by atoms with E-state index in [-0.39, 0.29) is 68.6 Å². The molecule has 1 rings (SSSR count). The zero-order valence-electron chi connectivity index (χ0n) is 74.4. The van der Waals surface area contributed by atoms with Gasteiger partial charge < -0.3 is 112 Å². The second-order valence-electron chi connectivity index (χ2n) is 34.4. The number of amides is 18. The molecule has 0 aliphatic carbocycles. The monoisotopic (exact) mass is 1750 g/mol. The molecule has 16 atom stereocenters. The number of cyclic esters (lactones) is 1. The highest BCUT2D eigenvalue weighted by Crippen LogP contribution is 2.19. The van der Waals surface area contributed by atoms with Crippen LogP contribution in [-0.4, -0.2) is 226 Å². The Morgan fingerprint density at radius 1 is 0.415 bits per heavy atom. The van der Waals surface area contributed by atoms with Crippen molar-refractivity contribution in [1.82, 2.24) is 74.4 Å². The number of hydrogen-bond donors (Lipinski definition) is 20. The predicted octanol–water partition coefficient (Wildman–Crippen LogP) is -1.68. The SMILES string of the molecule is CCCCCCC[C@@H](O)CC(=O)N[C@@H](CC(C)C)C(=O)N[C@H](CCC(=O)O)C(=O)N[C@H](CCC(N)=O)C(=O)N[C@@H](C(=O)N[C@H](CC(C)C)C(=O)N[C@@H](CCC(N)=O)C(=O)N[C@@H]1COC(=O)[C@H]([C@@H](C)CC)NC(=O)[C@@H](CCC(N)=O)NC(=O)[C@H](CC(C)C)NC(=O)[C@H](CC(C)C)NC(=O)[C@@H](CCC(N)=O)NC(=O)C(CC(C)C)NC(=O)[C@@H](C)NC1=O)C(C)C. The van der Waals surface area contributed by atoms with Crippen LogP contribution in [-0.2, 0) is 101 Å². The van der Waals surface area contributed by atoms with Crippen LogP contribution in [0, 0.1) is 41.4 Å². The number of aliphatic hydroxyl groups is 1. The number of carbonyl (C=O) groups is 20. The Balaban J connectivity index is 4.15. The minimum Gasteiger partial charge on any atom is -0.481 e. The Hall–Kier alpha value is -10.6.